The minimum Gasteiger partial charge on any atom is -0.504 e. The first-order valence-corrected chi connectivity index (χ1v) is 16.1. The number of carbonyl (C=O) groups excluding carboxylic acids is 2. The van der Waals surface area contributed by atoms with E-state index in [2.05, 4.69) is 26.3 Å². The van der Waals surface area contributed by atoms with Crippen molar-refractivity contribution < 1.29 is 34.1 Å². The maximum Gasteiger partial charge on any atom is 0.315 e. The number of fused-ring (bicyclic) bond motifs is 2. The van der Waals surface area contributed by atoms with Gasteiger partial charge in [0.1, 0.15) is 22.5 Å². The number of benzene rings is 2. The lowest BCUT2D eigenvalue weighted by molar-refractivity contribution is -0.121. The number of amides is 3. The summed E-state index contributed by atoms with van der Waals surface area (Å²) in [6.07, 6.45) is 4.97. The van der Waals surface area contributed by atoms with Gasteiger partial charge in [-0.15, -0.1) is 5.10 Å². The summed E-state index contributed by atoms with van der Waals surface area (Å²) >= 11 is 1.79. The van der Waals surface area contributed by atoms with E-state index in [9.17, 15) is 29.7 Å². The fraction of sp³-hybridized carbons (Fsp3) is 0.387. The van der Waals surface area contributed by atoms with Crippen molar-refractivity contribution in [1.29, 1.82) is 0 Å². The van der Waals surface area contributed by atoms with Crippen molar-refractivity contribution in [3.63, 3.8) is 0 Å². The molecule has 3 unspecified atom stereocenters. The topological polar surface area (TPSA) is 201 Å². The Balaban J connectivity index is 0.925. The van der Waals surface area contributed by atoms with Crippen molar-refractivity contribution in [2.24, 2.45) is 0 Å². The van der Waals surface area contributed by atoms with E-state index in [4.69, 9.17) is 9.15 Å². The second-order valence-electron chi connectivity index (χ2n) is 11.3. The third-order valence-corrected chi connectivity index (χ3v) is 9.48. The van der Waals surface area contributed by atoms with Crippen LogP contribution in [0.2, 0.25) is 0 Å². The number of hydrogen-bond donors (Lipinski definition) is 6. The molecule has 6 rings (SSSR count). The van der Waals surface area contributed by atoms with Crippen LogP contribution in [0.4, 0.5) is 4.79 Å². The fourth-order valence-corrected chi connectivity index (χ4v) is 7.15. The normalized spacial score (nSPS) is 18.7. The zero-order valence-electron chi connectivity index (χ0n) is 24.8. The standard InChI is InChI=1S/C31H34N6O8S/c38-20-14-25(17-12-21(39)30(42)22(40)13-17)45-24-6-1-5-23(28(20)24)44-11-2-4-18-15-37(36-35-18)10-3-9-32-27(41)8-7-26-29-19(16-46-26)33-31(43)34-29/h1,5-6,12-15,19,26,29,39-40,42H,2-4,7-11,16H2,(H,32,41)(H2,33,34,43). The molecule has 2 saturated heterocycles. The average Bonchev–Trinajstić information content (AvgIpc) is 3.75. The first-order chi connectivity index (χ1) is 22.2. The van der Waals surface area contributed by atoms with Crippen LogP contribution in [-0.2, 0) is 17.8 Å². The molecule has 6 N–H and O–H groups in total. The van der Waals surface area contributed by atoms with E-state index in [-0.39, 0.29) is 57.0 Å². The number of urea groups is 1. The molecule has 2 aromatic carbocycles. The van der Waals surface area contributed by atoms with Gasteiger partial charge in [0.2, 0.25) is 5.91 Å². The monoisotopic (exact) mass is 650 g/mol. The highest BCUT2D eigenvalue weighted by atomic mass is 32.2. The van der Waals surface area contributed by atoms with Gasteiger partial charge in [0.05, 0.1) is 24.4 Å². The second-order valence-corrected chi connectivity index (χ2v) is 12.5. The van der Waals surface area contributed by atoms with Crippen molar-refractivity contribution in [2.45, 2.75) is 56.0 Å². The Kier molecular flexibility index (Phi) is 9.19. The molecule has 2 aliphatic heterocycles. The van der Waals surface area contributed by atoms with E-state index in [1.54, 1.807) is 34.6 Å². The largest absolute Gasteiger partial charge is 0.504 e. The molecule has 2 aromatic heterocycles. The summed E-state index contributed by atoms with van der Waals surface area (Å²) in [6, 6.07) is 8.75. The molecular weight excluding hydrogens is 616 g/mol. The molecule has 0 bridgehead atoms. The molecular formula is C31H34N6O8S. The Bertz CT molecular complexity index is 1790. The molecule has 2 fully saturated rings. The molecule has 0 saturated carbocycles. The third-order valence-electron chi connectivity index (χ3n) is 7.97. The third kappa shape index (κ3) is 6.98. The zero-order chi connectivity index (χ0) is 32.2. The predicted molar refractivity (Wildman–Crippen MR) is 169 cm³/mol. The molecule has 3 atom stereocenters. The first kappa shape index (κ1) is 31.1. The number of aromatic nitrogens is 3. The summed E-state index contributed by atoms with van der Waals surface area (Å²) in [6.45, 7) is 1.47. The molecule has 14 nitrogen and oxygen atoms in total. The number of nitrogens with one attached hydrogen (secondary N) is 3. The number of rotatable bonds is 13. The Morgan fingerprint density at radius 2 is 1.96 bits per heavy atom. The first-order valence-electron chi connectivity index (χ1n) is 15.0. The van der Waals surface area contributed by atoms with Crippen molar-refractivity contribution >= 4 is 34.7 Å². The summed E-state index contributed by atoms with van der Waals surface area (Å²) in [5.74, 6) is -0.379. The Labute approximate surface area is 267 Å². The maximum absolute atomic E-state index is 13.0. The van der Waals surface area contributed by atoms with E-state index < -0.39 is 17.2 Å². The average molecular weight is 651 g/mol. The molecule has 4 heterocycles. The number of carbonyl (C=O) groups is 2. The number of aromatic hydroxyl groups is 3. The van der Waals surface area contributed by atoms with Gasteiger partial charge in [0.15, 0.2) is 22.7 Å². The van der Waals surface area contributed by atoms with Gasteiger partial charge in [-0.05, 0) is 49.9 Å². The molecule has 15 heteroatoms. The van der Waals surface area contributed by atoms with Crippen LogP contribution in [0.1, 0.15) is 31.4 Å². The molecule has 4 aromatic rings. The van der Waals surface area contributed by atoms with Gasteiger partial charge in [0, 0.05) is 48.3 Å². The van der Waals surface area contributed by atoms with Crippen molar-refractivity contribution in [1.82, 2.24) is 30.9 Å². The lowest BCUT2D eigenvalue weighted by atomic mass is 10.0. The number of ether oxygens (including phenoxy) is 1. The van der Waals surface area contributed by atoms with Crippen LogP contribution >= 0.6 is 11.8 Å². The molecule has 46 heavy (non-hydrogen) atoms. The van der Waals surface area contributed by atoms with Crippen molar-refractivity contribution in [2.75, 3.05) is 18.9 Å². The highest BCUT2D eigenvalue weighted by Gasteiger charge is 2.42. The highest BCUT2D eigenvalue weighted by Crippen LogP contribution is 2.39. The minimum absolute atomic E-state index is 0.00272. The maximum atomic E-state index is 13.0. The van der Waals surface area contributed by atoms with E-state index in [1.165, 1.54) is 18.2 Å². The van der Waals surface area contributed by atoms with Crippen molar-refractivity contribution in [3.8, 4) is 34.3 Å². The van der Waals surface area contributed by atoms with Crippen molar-refractivity contribution in [3.05, 3.63) is 58.5 Å². The summed E-state index contributed by atoms with van der Waals surface area (Å²) < 4.78 is 13.5. The van der Waals surface area contributed by atoms with Gasteiger partial charge in [-0.25, -0.2) is 4.79 Å². The SMILES string of the molecule is O=C(CCC1SCC2NC(=O)NC21)NCCCn1cc(CCCOc2cccc3oc(-c4cc(O)c(O)c(O)c4)cc(=O)c23)nn1. The van der Waals surface area contributed by atoms with Gasteiger partial charge >= 0.3 is 6.03 Å². The molecule has 242 valence electrons. The Hall–Kier alpha value is -4.92. The van der Waals surface area contributed by atoms with E-state index in [0.29, 0.717) is 51.1 Å². The zero-order valence-corrected chi connectivity index (χ0v) is 25.6. The Morgan fingerprint density at radius 3 is 2.78 bits per heavy atom. The van der Waals surface area contributed by atoms with Gasteiger partial charge in [-0.2, -0.15) is 11.8 Å². The number of aryl methyl sites for hydroxylation is 2. The van der Waals surface area contributed by atoms with Crippen LogP contribution in [0.3, 0.4) is 0 Å². The molecule has 3 amide bonds. The van der Waals surface area contributed by atoms with Crippen LogP contribution in [0.15, 0.2) is 51.8 Å². The number of thioether (sulfide) groups is 1. The van der Waals surface area contributed by atoms with Crippen LogP contribution in [-0.4, -0.2) is 78.5 Å². The van der Waals surface area contributed by atoms with Gasteiger partial charge < -0.3 is 40.4 Å². The van der Waals surface area contributed by atoms with E-state index >= 15 is 0 Å². The lowest BCUT2D eigenvalue weighted by Gasteiger charge is -2.16. The van der Waals surface area contributed by atoms with Crippen LogP contribution in [0.25, 0.3) is 22.3 Å². The summed E-state index contributed by atoms with van der Waals surface area (Å²) in [5.41, 5.74) is 0.938. The minimum atomic E-state index is -0.657. The lowest BCUT2D eigenvalue weighted by Crippen LogP contribution is -2.37. The van der Waals surface area contributed by atoms with E-state index in [0.717, 1.165) is 17.9 Å². The van der Waals surface area contributed by atoms with Crippen LogP contribution in [0, 0.1) is 0 Å². The molecule has 0 aliphatic carbocycles. The summed E-state index contributed by atoms with van der Waals surface area (Å²) in [4.78, 5) is 36.8. The quantitative estimate of drug-likeness (QED) is 0.0706. The number of nitrogens with zero attached hydrogens (tertiary/aromatic N) is 3. The van der Waals surface area contributed by atoms with E-state index in [1.807, 2.05) is 6.20 Å². The number of phenolic OH excluding ortho intramolecular Hbond substituents is 3. The van der Waals surface area contributed by atoms with Crippen LogP contribution in [0.5, 0.6) is 23.0 Å². The molecule has 0 spiro atoms. The predicted octanol–water partition coefficient (Wildman–Crippen LogP) is 2.63. The van der Waals surface area contributed by atoms with Crippen LogP contribution < -0.4 is 26.1 Å². The molecule has 0 radical (unpaired) electrons. The number of phenols is 3. The fourth-order valence-electron chi connectivity index (χ4n) is 5.66. The van der Waals surface area contributed by atoms with Gasteiger partial charge in [0.25, 0.3) is 0 Å². The second kappa shape index (κ2) is 13.6. The Morgan fingerprint density at radius 1 is 1.13 bits per heavy atom. The summed E-state index contributed by atoms with van der Waals surface area (Å²) in [7, 11) is 0. The summed E-state index contributed by atoms with van der Waals surface area (Å²) in [5, 5.41) is 47.0. The number of hydrogen-bond acceptors (Lipinski definition) is 11. The van der Waals surface area contributed by atoms with Gasteiger partial charge in [-0.3, -0.25) is 14.3 Å². The smallest absolute Gasteiger partial charge is 0.315 e. The highest BCUT2D eigenvalue weighted by molar-refractivity contribution is 8.00. The van der Waals surface area contributed by atoms with Gasteiger partial charge in [-0.1, -0.05) is 11.3 Å². The molecule has 2 aliphatic rings.